The topological polar surface area (TPSA) is 32.8 Å². The van der Waals surface area contributed by atoms with E-state index < -0.39 is 0 Å². The number of nitrogens with zero attached hydrogens (tertiary/aromatic N) is 2. The first-order valence-electron chi connectivity index (χ1n) is 7.56. The van der Waals surface area contributed by atoms with Crippen LogP contribution in [0.2, 0.25) is 0 Å². The second-order valence-electron chi connectivity index (χ2n) is 7.05. The van der Waals surface area contributed by atoms with Crippen molar-refractivity contribution in [2.45, 2.75) is 46.1 Å². The van der Waals surface area contributed by atoms with Gasteiger partial charge in [-0.25, -0.2) is 0 Å². The van der Waals surface area contributed by atoms with Crippen molar-refractivity contribution in [1.82, 2.24) is 9.80 Å². The average Bonchev–Trinajstić information content (AvgIpc) is 2.80. The number of hydrogen-bond acceptors (Lipinski definition) is 3. The SMILES string of the molecule is CC(C)(C)CC(=O)N1CCN(CC2CCCO2)CC1. The minimum Gasteiger partial charge on any atom is -0.377 e. The normalized spacial score (nSPS) is 25.8. The van der Waals surface area contributed by atoms with Gasteiger partial charge in [0.2, 0.25) is 5.91 Å². The molecule has 1 unspecified atom stereocenters. The summed E-state index contributed by atoms with van der Waals surface area (Å²) in [6, 6.07) is 0. The molecule has 2 fully saturated rings. The van der Waals surface area contributed by atoms with Crippen LogP contribution in [0.4, 0.5) is 0 Å². The van der Waals surface area contributed by atoms with Crippen molar-refractivity contribution < 1.29 is 9.53 Å². The summed E-state index contributed by atoms with van der Waals surface area (Å²) in [6.07, 6.45) is 3.48. The molecule has 1 amide bonds. The van der Waals surface area contributed by atoms with E-state index in [4.69, 9.17) is 4.74 Å². The molecule has 0 radical (unpaired) electrons. The lowest BCUT2D eigenvalue weighted by Crippen LogP contribution is -2.50. The van der Waals surface area contributed by atoms with Crippen molar-refractivity contribution in [1.29, 1.82) is 0 Å². The molecular weight excluding hydrogens is 240 g/mol. The second-order valence-corrected chi connectivity index (χ2v) is 7.05. The molecule has 0 aromatic carbocycles. The summed E-state index contributed by atoms with van der Waals surface area (Å²) in [5.74, 6) is 0.310. The highest BCUT2D eigenvalue weighted by Crippen LogP contribution is 2.20. The highest BCUT2D eigenvalue weighted by atomic mass is 16.5. The molecule has 0 saturated carbocycles. The van der Waals surface area contributed by atoms with Gasteiger partial charge < -0.3 is 9.64 Å². The maximum Gasteiger partial charge on any atom is 0.223 e. The smallest absolute Gasteiger partial charge is 0.223 e. The quantitative estimate of drug-likeness (QED) is 0.782. The zero-order valence-corrected chi connectivity index (χ0v) is 12.7. The average molecular weight is 268 g/mol. The fraction of sp³-hybridized carbons (Fsp3) is 0.933. The molecule has 4 nitrogen and oxygen atoms in total. The molecule has 2 heterocycles. The summed E-state index contributed by atoms with van der Waals surface area (Å²) < 4.78 is 5.67. The zero-order chi connectivity index (χ0) is 13.9. The molecular formula is C15H28N2O2. The predicted octanol–water partition coefficient (Wildman–Crippen LogP) is 1.75. The Balaban J connectivity index is 1.71. The van der Waals surface area contributed by atoms with E-state index in [9.17, 15) is 4.79 Å². The standard InChI is InChI=1S/C15H28N2O2/c1-15(2,3)11-14(18)17-8-6-16(7-9-17)12-13-5-4-10-19-13/h13H,4-12H2,1-3H3. The Kier molecular flexibility index (Phi) is 4.85. The van der Waals surface area contributed by atoms with Crippen molar-refractivity contribution in [3.63, 3.8) is 0 Å². The van der Waals surface area contributed by atoms with Gasteiger partial charge in [0, 0.05) is 45.8 Å². The van der Waals surface area contributed by atoms with Crippen LogP contribution in [0.1, 0.15) is 40.0 Å². The third-order valence-corrected chi connectivity index (χ3v) is 3.89. The lowest BCUT2D eigenvalue weighted by Gasteiger charge is -2.36. The van der Waals surface area contributed by atoms with Crippen molar-refractivity contribution in [3.8, 4) is 0 Å². The Labute approximate surface area is 117 Å². The van der Waals surface area contributed by atoms with Crippen molar-refractivity contribution in [3.05, 3.63) is 0 Å². The molecule has 2 rings (SSSR count). The third-order valence-electron chi connectivity index (χ3n) is 3.89. The van der Waals surface area contributed by atoms with E-state index in [0.29, 0.717) is 18.4 Å². The Morgan fingerprint density at radius 1 is 1.21 bits per heavy atom. The molecule has 19 heavy (non-hydrogen) atoms. The first-order valence-corrected chi connectivity index (χ1v) is 7.56. The van der Waals surface area contributed by atoms with Crippen LogP contribution in [0.15, 0.2) is 0 Å². The number of carbonyl (C=O) groups excluding carboxylic acids is 1. The summed E-state index contributed by atoms with van der Waals surface area (Å²) in [6.45, 7) is 12.1. The first kappa shape index (κ1) is 14.8. The van der Waals surface area contributed by atoms with E-state index in [2.05, 4.69) is 25.7 Å². The van der Waals surface area contributed by atoms with Crippen molar-refractivity contribution in [2.75, 3.05) is 39.3 Å². The second kappa shape index (κ2) is 6.23. The fourth-order valence-electron chi connectivity index (χ4n) is 2.82. The van der Waals surface area contributed by atoms with Gasteiger partial charge in [0.15, 0.2) is 0 Å². The van der Waals surface area contributed by atoms with Gasteiger partial charge in [-0.2, -0.15) is 0 Å². The number of rotatable bonds is 3. The van der Waals surface area contributed by atoms with Gasteiger partial charge in [0.25, 0.3) is 0 Å². The fourth-order valence-corrected chi connectivity index (χ4v) is 2.82. The molecule has 0 aromatic rings. The molecule has 0 aliphatic carbocycles. The van der Waals surface area contributed by atoms with Gasteiger partial charge in [0.1, 0.15) is 0 Å². The maximum atomic E-state index is 12.1. The van der Waals surface area contributed by atoms with Gasteiger partial charge in [-0.3, -0.25) is 9.69 Å². The summed E-state index contributed by atoms with van der Waals surface area (Å²) >= 11 is 0. The van der Waals surface area contributed by atoms with Gasteiger partial charge in [-0.1, -0.05) is 20.8 Å². The monoisotopic (exact) mass is 268 g/mol. The third kappa shape index (κ3) is 4.77. The maximum absolute atomic E-state index is 12.1. The van der Waals surface area contributed by atoms with Crippen molar-refractivity contribution in [2.24, 2.45) is 5.41 Å². The molecule has 0 spiro atoms. The summed E-state index contributed by atoms with van der Waals surface area (Å²) in [5.41, 5.74) is 0.0892. The zero-order valence-electron chi connectivity index (χ0n) is 12.7. The molecule has 2 aliphatic rings. The summed E-state index contributed by atoms with van der Waals surface area (Å²) in [5, 5.41) is 0. The van der Waals surface area contributed by atoms with Crippen LogP contribution >= 0.6 is 0 Å². The Morgan fingerprint density at radius 2 is 1.89 bits per heavy atom. The number of ether oxygens (including phenoxy) is 1. The van der Waals surface area contributed by atoms with Crippen LogP contribution in [0, 0.1) is 5.41 Å². The molecule has 2 aliphatic heterocycles. The van der Waals surface area contributed by atoms with E-state index >= 15 is 0 Å². The van der Waals surface area contributed by atoms with Gasteiger partial charge in [-0.05, 0) is 18.3 Å². The number of hydrogen-bond donors (Lipinski definition) is 0. The molecule has 4 heteroatoms. The van der Waals surface area contributed by atoms with Crippen LogP contribution in [0.25, 0.3) is 0 Å². The molecule has 0 bridgehead atoms. The van der Waals surface area contributed by atoms with Crippen LogP contribution in [0.3, 0.4) is 0 Å². The van der Waals surface area contributed by atoms with Crippen LogP contribution in [-0.4, -0.2) is 61.1 Å². The van der Waals surface area contributed by atoms with E-state index in [1.165, 1.54) is 12.8 Å². The predicted molar refractivity (Wildman–Crippen MR) is 76.1 cm³/mol. The molecule has 2 saturated heterocycles. The van der Waals surface area contributed by atoms with Crippen LogP contribution in [-0.2, 0) is 9.53 Å². The lowest BCUT2D eigenvalue weighted by atomic mass is 9.91. The summed E-state index contributed by atoms with van der Waals surface area (Å²) in [4.78, 5) is 16.6. The van der Waals surface area contributed by atoms with E-state index in [-0.39, 0.29) is 5.41 Å². The van der Waals surface area contributed by atoms with Gasteiger partial charge in [-0.15, -0.1) is 0 Å². The Bertz CT molecular complexity index is 298. The minimum atomic E-state index is 0.0892. The molecule has 110 valence electrons. The lowest BCUT2D eigenvalue weighted by molar-refractivity contribution is -0.135. The molecule has 1 atom stereocenters. The largest absolute Gasteiger partial charge is 0.377 e. The van der Waals surface area contributed by atoms with E-state index in [1.54, 1.807) is 0 Å². The van der Waals surface area contributed by atoms with Gasteiger partial charge in [0.05, 0.1) is 6.10 Å². The summed E-state index contributed by atoms with van der Waals surface area (Å²) in [7, 11) is 0. The highest BCUT2D eigenvalue weighted by molar-refractivity contribution is 5.76. The number of piperazine rings is 1. The van der Waals surface area contributed by atoms with Crippen LogP contribution in [0.5, 0.6) is 0 Å². The first-order chi connectivity index (χ1) is 8.94. The van der Waals surface area contributed by atoms with Crippen LogP contribution < -0.4 is 0 Å². The minimum absolute atomic E-state index is 0.0892. The van der Waals surface area contributed by atoms with Gasteiger partial charge >= 0.3 is 0 Å². The van der Waals surface area contributed by atoms with Crippen molar-refractivity contribution >= 4 is 5.91 Å². The molecule has 0 aromatic heterocycles. The Hall–Kier alpha value is -0.610. The number of amides is 1. The Morgan fingerprint density at radius 3 is 2.42 bits per heavy atom. The number of carbonyl (C=O) groups is 1. The van der Waals surface area contributed by atoms with E-state index in [1.807, 2.05) is 4.90 Å². The molecule has 0 N–H and O–H groups in total. The van der Waals surface area contributed by atoms with E-state index in [0.717, 1.165) is 39.3 Å². The highest BCUT2D eigenvalue weighted by Gasteiger charge is 2.26.